The molecule has 1 amide bonds. The lowest BCUT2D eigenvalue weighted by Gasteiger charge is -2.50. The highest BCUT2D eigenvalue weighted by Gasteiger charge is 2.58. The van der Waals surface area contributed by atoms with Gasteiger partial charge >= 0.3 is 0 Å². The third-order valence-corrected chi connectivity index (χ3v) is 18.5. The van der Waals surface area contributed by atoms with E-state index in [1.165, 1.54) is 16.4 Å². The van der Waals surface area contributed by atoms with Crippen molar-refractivity contribution in [3.8, 4) is 0 Å². The molecule has 0 radical (unpaired) electrons. The first-order valence-electron chi connectivity index (χ1n) is 15.6. The summed E-state index contributed by atoms with van der Waals surface area (Å²) >= 11 is 0. The van der Waals surface area contributed by atoms with Crippen LogP contribution in [0.25, 0.3) is 0 Å². The predicted molar refractivity (Wildman–Crippen MR) is 176 cm³/mol. The number of sulfonamides is 2. The zero-order valence-corrected chi connectivity index (χ0v) is 29.9. The fourth-order valence-corrected chi connectivity index (χ4v) is 11.4. The minimum absolute atomic E-state index is 0.0165. The van der Waals surface area contributed by atoms with E-state index in [4.69, 9.17) is 9.16 Å². The summed E-state index contributed by atoms with van der Waals surface area (Å²) in [5.74, 6) is -0.789. The predicted octanol–water partition coefficient (Wildman–Crippen LogP) is 5.78. The Morgan fingerprint density at radius 2 is 1.49 bits per heavy atom. The van der Waals surface area contributed by atoms with Crippen molar-refractivity contribution >= 4 is 34.3 Å². The van der Waals surface area contributed by atoms with Crippen LogP contribution >= 0.6 is 0 Å². The molecule has 2 saturated heterocycles. The zero-order valence-electron chi connectivity index (χ0n) is 27.3. The minimum Gasteiger partial charge on any atom is -0.411 e. The average molecular weight is 675 g/mol. The fourth-order valence-electron chi connectivity index (χ4n) is 6.72. The van der Waals surface area contributed by atoms with Crippen LogP contribution < -0.4 is 0 Å². The van der Waals surface area contributed by atoms with E-state index < -0.39 is 51.5 Å². The quantitative estimate of drug-likeness (QED) is 0.258. The highest BCUT2D eigenvalue weighted by Crippen LogP contribution is 2.52. The van der Waals surface area contributed by atoms with Crippen molar-refractivity contribution in [1.82, 2.24) is 8.61 Å². The van der Waals surface area contributed by atoms with Crippen LogP contribution in [0.4, 0.5) is 0 Å². The lowest BCUT2D eigenvalue weighted by Crippen LogP contribution is -2.59. The molecule has 2 fully saturated rings. The number of benzene rings is 2. The average Bonchev–Trinajstić information content (AvgIpc) is 3.27. The first-order valence-corrected chi connectivity index (χ1v) is 21.3. The van der Waals surface area contributed by atoms with Gasteiger partial charge in [-0.3, -0.25) is 4.79 Å². The molecule has 246 valence electrons. The maximum Gasteiger partial charge on any atom is 0.266 e. The maximum absolute atomic E-state index is 14.7. The second-order valence-electron chi connectivity index (χ2n) is 14.5. The highest BCUT2D eigenvalue weighted by atomic mass is 32.2. The molecule has 3 aliphatic rings. The molecule has 0 bridgehead atoms. The van der Waals surface area contributed by atoms with Gasteiger partial charge in [-0.15, -0.1) is 0 Å². The molecule has 0 aromatic heterocycles. The molecule has 2 aliphatic heterocycles. The summed E-state index contributed by atoms with van der Waals surface area (Å²) in [5.41, 5.74) is -2.45. The second kappa shape index (κ2) is 11.7. The Labute approximate surface area is 269 Å². The van der Waals surface area contributed by atoms with Gasteiger partial charge in [0.15, 0.2) is 8.32 Å². The Morgan fingerprint density at radius 1 is 0.933 bits per heavy atom. The van der Waals surface area contributed by atoms with E-state index >= 15 is 0 Å². The third-order valence-electron chi connectivity index (χ3n) is 10.1. The van der Waals surface area contributed by atoms with Gasteiger partial charge in [0.25, 0.3) is 10.0 Å². The summed E-state index contributed by atoms with van der Waals surface area (Å²) in [6.45, 7) is 14.4. The van der Waals surface area contributed by atoms with Crippen LogP contribution in [-0.2, 0) is 34.0 Å². The Hall–Kier alpha value is -2.35. The molecule has 12 heteroatoms. The van der Waals surface area contributed by atoms with Gasteiger partial charge in [-0.05, 0) is 81.4 Å². The number of amides is 1. The van der Waals surface area contributed by atoms with Crippen molar-refractivity contribution in [2.45, 2.75) is 99.7 Å². The standard InChI is InChI=1S/C33H46N2O7S2Si/c1-31(2,3)45(6,7)42-27-18-20-33(23-26-24-41-32(4,5)35(26)44(39,40)29-16-12-9-13-17-29)25(22-27)19-21-34(30(33)36)43(37,38)28-14-10-8-11-15-28/h8-18,20,25-27H,19,21-24H2,1-7H3/t25-,26-,27?,33-/m1/s1. The van der Waals surface area contributed by atoms with E-state index in [0.717, 1.165) is 4.31 Å². The largest absolute Gasteiger partial charge is 0.411 e. The Morgan fingerprint density at radius 3 is 2.04 bits per heavy atom. The number of nitrogens with zero attached hydrogens (tertiary/aromatic N) is 2. The van der Waals surface area contributed by atoms with Gasteiger partial charge in [-0.2, -0.15) is 4.31 Å². The number of hydrogen-bond donors (Lipinski definition) is 0. The SMILES string of the molecule is CC1(C)OC[C@@H](C[C@]23C=CC(O[Si](C)(C)C(C)(C)C)C[C@H]2CCN(S(=O)(=O)c2ccccc2)C3=O)N1S(=O)(=O)c1ccccc1. The molecule has 0 saturated carbocycles. The number of piperidine rings is 1. The van der Waals surface area contributed by atoms with Crippen LogP contribution in [0.1, 0.15) is 53.9 Å². The summed E-state index contributed by atoms with van der Waals surface area (Å²) in [5, 5.41) is -0.0165. The van der Waals surface area contributed by atoms with E-state index in [1.807, 2.05) is 12.2 Å². The summed E-state index contributed by atoms with van der Waals surface area (Å²) in [6.07, 6.45) is 4.56. The van der Waals surface area contributed by atoms with E-state index in [1.54, 1.807) is 62.4 Å². The van der Waals surface area contributed by atoms with Crippen molar-refractivity contribution in [3.63, 3.8) is 0 Å². The first kappa shape index (κ1) is 34.0. The van der Waals surface area contributed by atoms with E-state index in [9.17, 15) is 21.6 Å². The van der Waals surface area contributed by atoms with Gasteiger partial charge in [-0.1, -0.05) is 69.3 Å². The summed E-state index contributed by atoms with van der Waals surface area (Å²) < 4.78 is 71.0. The Bertz CT molecular complexity index is 1660. The summed E-state index contributed by atoms with van der Waals surface area (Å²) in [7, 11) is -10.3. The summed E-state index contributed by atoms with van der Waals surface area (Å²) in [6, 6.07) is 15.4. The smallest absolute Gasteiger partial charge is 0.266 e. The number of hydrogen-bond acceptors (Lipinski definition) is 7. The van der Waals surface area contributed by atoms with Crippen LogP contribution in [0, 0.1) is 11.3 Å². The normalized spacial score (nSPS) is 27.8. The molecule has 2 heterocycles. The lowest BCUT2D eigenvalue weighted by molar-refractivity contribution is -0.143. The van der Waals surface area contributed by atoms with Gasteiger partial charge in [0.2, 0.25) is 15.9 Å². The topological polar surface area (TPSA) is 110 Å². The fraction of sp³-hybridized carbons (Fsp3) is 0.545. The Balaban J connectivity index is 1.57. The van der Waals surface area contributed by atoms with Gasteiger partial charge in [0.05, 0.1) is 34.0 Å². The van der Waals surface area contributed by atoms with Gasteiger partial charge in [0.1, 0.15) is 5.72 Å². The number of carbonyl (C=O) groups is 1. The lowest BCUT2D eigenvalue weighted by atomic mass is 9.63. The Kier molecular flexibility index (Phi) is 8.85. The molecule has 1 aliphatic carbocycles. The third kappa shape index (κ3) is 6.09. The van der Waals surface area contributed by atoms with Crippen LogP contribution in [0.2, 0.25) is 18.1 Å². The van der Waals surface area contributed by atoms with Crippen LogP contribution in [0.15, 0.2) is 82.6 Å². The maximum atomic E-state index is 14.7. The highest BCUT2D eigenvalue weighted by molar-refractivity contribution is 7.89. The van der Waals surface area contributed by atoms with Crippen molar-refractivity contribution in [2.24, 2.45) is 11.3 Å². The van der Waals surface area contributed by atoms with Crippen molar-refractivity contribution < 1.29 is 30.8 Å². The second-order valence-corrected chi connectivity index (χ2v) is 22.9. The molecule has 9 nitrogen and oxygen atoms in total. The van der Waals surface area contributed by atoms with Crippen molar-refractivity contribution in [1.29, 1.82) is 0 Å². The number of ether oxygens (including phenoxy) is 1. The molecule has 4 atom stereocenters. The molecule has 5 rings (SSSR count). The molecular formula is C33H46N2O7S2Si. The molecule has 0 N–H and O–H groups in total. The first-order chi connectivity index (χ1) is 20.8. The van der Waals surface area contributed by atoms with Crippen LogP contribution in [0.5, 0.6) is 0 Å². The molecule has 0 spiro atoms. The van der Waals surface area contributed by atoms with Crippen LogP contribution in [-0.4, -0.2) is 70.7 Å². The van der Waals surface area contributed by atoms with E-state index in [0.29, 0.717) is 12.8 Å². The molecule has 1 unspecified atom stereocenters. The van der Waals surface area contributed by atoms with E-state index in [2.05, 4.69) is 33.9 Å². The van der Waals surface area contributed by atoms with E-state index in [-0.39, 0.29) is 46.4 Å². The number of rotatable bonds is 8. The monoisotopic (exact) mass is 674 g/mol. The molecule has 2 aromatic rings. The van der Waals surface area contributed by atoms with Gasteiger partial charge in [-0.25, -0.2) is 21.1 Å². The molecule has 2 aromatic carbocycles. The van der Waals surface area contributed by atoms with Gasteiger partial charge < -0.3 is 9.16 Å². The summed E-state index contributed by atoms with van der Waals surface area (Å²) in [4.78, 5) is 14.9. The molecular weight excluding hydrogens is 629 g/mol. The number of fused-ring (bicyclic) bond motifs is 1. The van der Waals surface area contributed by atoms with Crippen molar-refractivity contribution in [3.05, 3.63) is 72.8 Å². The number of carbonyl (C=O) groups excluding carboxylic acids is 1. The molecule has 45 heavy (non-hydrogen) atoms. The van der Waals surface area contributed by atoms with Crippen molar-refractivity contribution in [2.75, 3.05) is 13.2 Å². The van der Waals surface area contributed by atoms with Gasteiger partial charge in [0, 0.05) is 6.54 Å². The van der Waals surface area contributed by atoms with Crippen LogP contribution in [0.3, 0.4) is 0 Å². The minimum atomic E-state index is -4.14. The zero-order chi connectivity index (χ0) is 33.1.